The van der Waals surface area contributed by atoms with Crippen LogP contribution in [0.4, 0.5) is 0 Å². The van der Waals surface area contributed by atoms with Crippen molar-refractivity contribution in [2.24, 2.45) is 0 Å². The minimum Gasteiger partial charge on any atom is -0.387 e. The normalized spacial score (nSPS) is 13.5. The monoisotopic (exact) mass is 241 g/mol. The molecule has 1 heterocycles. The lowest BCUT2D eigenvalue weighted by Crippen LogP contribution is -1.93. The molecule has 1 aromatic rings. The van der Waals surface area contributed by atoms with Crippen molar-refractivity contribution in [2.75, 3.05) is 5.33 Å². The smallest absolute Gasteiger partial charge is 0.183 e. The predicted molar refractivity (Wildman–Crippen MR) is 45.9 cm³/mol. The number of aromatic nitrogens is 1. The molecular weight excluding hydrogens is 237 g/mol. The maximum Gasteiger partial charge on any atom is 0.183 e. The van der Waals surface area contributed by atoms with E-state index in [1.54, 1.807) is 6.20 Å². The highest BCUT2D eigenvalue weighted by Gasteiger charge is 2.08. The number of hydrogen-bond acceptors (Lipinski definition) is 3. The van der Waals surface area contributed by atoms with Crippen LogP contribution in [-0.2, 0) is 0 Å². The molecule has 0 radical (unpaired) electrons. The van der Waals surface area contributed by atoms with Crippen LogP contribution in [0.15, 0.2) is 6.20 Å². The minimum absolute atomic E-state index is 0.468. The molecule has 0 spiro atoms. The Kier molecular flexibility index (Phi) is 3.10. The van der Waals surface area contributed by atoms with E-state index in [9.17, 15) is 5.11 Å². The Bertz CT molecular complexity index is 217. The Morgan fingerprint density at radius 1 is 1.90 bits per heavy atom. The predicted octanol–water partition coefficient (Wildman–Crippen LogP) is 2.22. The van der Waals surface area contributed by atoms with Crippen LogP contribution in [0.3, 0.4) is 0 Å². The van der Waals surface area contributed by atoms with Crippen molar-refractivity contribution < 1.29 is 5.11 Å². The molecule has 1 atom stereocenters. The van der Waals surface area contributed by atoms with E-state index in [0.717, 1.165) is 4.88 Å². The molecule has 1 rings (SSSR count). The molecule has 56 valence electrons. The average molecular weight is 243 g/mol. The molecule has 0 fully saturated rings. The number of alkyl halides is 1. The highest BCUT2D eigenvalue weighted by molar-refractivity contribution is 9.09. The molecule has 2 nitrogen and oxygen atoms in total. The van der Waals surface area contributed by atoms with E-state index in [0.29, 0.717) is 9.80 Å². The van der Waals surface area contributed by atoms with E-state index in [2.05, 4.69) is 20.9 Å². The van der Waals surface area contributed by atoms with Crippen LogP contribution in [0.25, 0.3) is 0 Å². The molecule has 0 saturated carbocycles. The maximum atomic E-state index is 9.21. The number of halogens is 2. The molecule has 0 saturated heterocycles. The topological polar surface area (TPSA) is 33.1 Å². The fourth-order valence-corrected chi connectivity index (χ4v) is 2.00. The Morgan fingerprint density at radius 3 is 3.00 bits per heavy atom. The second kappa shape index (κ2) is 3.67. The molecule has 0 aromatic carbocycles. The molecule has 0 bridgehead atoms. The van der Waals surface area contributed by atoms with E-state index in [-0.39, 0.29) is 0 Å². The molecular formula is C5H5BrClNOS. The third kappa shape index (κ3) is 1.92. The fourth-order valence-electron chi connectivity index (χ4n) is 0.494. The number of nitrogens with zero attached hydrogens (tertiary/aromatic N) is 1. The van der Waals surface area contributed by atoms with Gasteiger partial charge in [0.15, 0.2) is 4.47 Å². The molecule has 5 heteroatoms. The second-order valence-corrected chi connectivity index (χ2v) is 3.98. The van der Waals surface area contributed by atoms with E-state index >= 15 is 0 Å². The van der Waals surface area contributed by atoms with Gasteiger partial charge < -0.3 is 5.11 Å². The molecule has 1 aromatic heterocycles. The van der Waals surface area contributed by atoms with Crippen molar-refractivity contribution in [3.63, 3.8) is 0 Å². The first kappa shape index (κ1) is 8.46. The minimum atomic E-state index is -0.481. The zero-order valence-corrected chi connectivity index (χ0v) is 8.08. The van der Waals surface area contributed by atoms with Crippen LogP contribution in [0.2, 0.25) is 4.47 Å². The zero-order valence-electron chi connectivity index (χ0n) is 4.92. The molecule has 0 amide bonds. The molecule has 1 N–H and O–H groups in total. The maximum absolute atomic E-state index is 9.21. The summed E-state index contributed by atoms with van der Waals surface area (Å²) in [5.41, 5.74) is 0. The number of thiazole rings is 1. The zero-order chi connectivity index (χ0) is 7.56. The van der Waals surface area contributed by atoms with Crippen LogP contribution in [-0.4, -0.2) is 15.4 Å². The third-order valence-electron chi connectivity index (χ3n) is 0.970. The Labute approximate surface area is 76.0 Å². The van der Waals surface area contributed by atoms with Gasteiger partial charge in [0.2, 0.25) is 0 Å². The van der Waals surface area contributed by atoms with Crippen molar-refractivity contribution in [3.05, 3.63) is 15.5 Å². The summed E-state index contributed by atoms with van der Waals surface area (Å²) in [5.74, 6) is 0. The summed E-state index contributed by atoms with van der Waals surface area (Å²) >= 11 is 9.98. The van der Waals surface area contributed by atoms with Gasteiger partial charge in [-0.15, -0.1) is 11.3 Å². The van der Waals surface area contributed by atoms with E-state index in [1.807, 2.05) is 0 Å². The first-order chi connectivity index (χ1) is 4.74. The van der Waals surface area contributed by atoms with Crippen LogP contribution in [0.1, 0.15) is 11.0 Å². The Balaban J connectivity index is 2.74. The van der Waals surface area contributed by atoms with Gasteiger partial charge in [-0.3, -0.25) is 0 Å². The van der Waals surface area contributed by atoms with Crippen LogP contribution >= 0.6 is 38.9 Å². The largest absolute Gasteiger partial charge is 0.387 e. The van der Waals surface area contributed by atoms with Crippen LogP contribution in [0, 0.1) is 0 Å². The summed E-state index contributed by atoms with van der Waals surface area (Å²) in [6.07, 6.45) is 1.10. The number of rotatable bonds is 2. The molecule has 1 unspecified atom stereocenters. The second-order valence-electron chi connectivity index (χ2n) is 1.69. The lowest BCUT2D eigenvalue weighted by Gasteiger charge is -1.99. The summed E-state index contributed by atoms with van der Waals surface area (Å²) in [4.78, 5) is 4.58. The van der Waals surface area contributed by atoms with Gasteiger partial charge in [0.1, 0.15) is 0 Å². The van der Waals surface area contributed by atoms with Crippen molar-refractivity contribution in [3.8, 4) is 0 Å². The number of aliphatic hydroxyl groups is 1. The van der Waals surface area contributed by atoms with Crippen molar-refractivity contribution >= 4 is 38.9 Å². The lowest BCUT2D eigenvalue weighted by molar-refractivity contribution is 0.209. The van der Waals surface area contributed by atoms with Gasteiger partial charge in [-0.1, -0.05) is 27.5 Å². The first-order valence-electron chi connectivity index (χ1n) is 2.59. The molecule has 0 aliphatic rings. The summed E-state index contributed by atoms with van der Waals surface area (Å²) in [6, 6.07) is 0. The Hall–Kier alpha value is 0.360. The standard InChI is InChI=1S/C5H5BrClNOS/c6-1-3(9)4-2-8-5(7)10-4/h2-3,9H,1H2. The van der Waals surface area contributed by atoms with E-state index in [4.69, 9.17) is 11.6 Å². The quantitative estimate of drug-likeness (QED) is 0.807. The Morgan fingerprint density at radius 2 is 2.60 bits per heavy atom. The van der Waals surface area contributed by atoms with E-state index < -0.39 is 6.10 Å². The van der Waals surface area contributed by atoms with Gasteiger partial charge in [-0.25, -0.2) is 4.98 Å². The van der Waals surface area contributed by atoms with Crippen molar-refractivity contribution in [1.82, 2.24) is 4.98 Å². The number of aliphatic hydroxyl groups excluding tert-OH is 1. The molecule has 10 heavy (non-hydrogen) atoms. The summed E-state index contributed by atoms with van der Waals surface area (Å²) in [7, 11) is 0. The van der Waals surface area contributed by atoms with Crippen molar-refractivity contribution in [2.45, 2.75) is 6.10 Å². The third-order valence-corrected chi connectivity index (χ3v) is 2.80. The van der Waals surface area contributed by atoms with Gasteiger partial charge >= 0.3 is 0 Å². The van der Waals surface area contributed by atoms with Crippen LogP contribution in [0.5, 0.6) is 0 Å². The van der Waals surface area contributed by atoms with Gasteiger partial charge in [0, 0.05) is 11.5 Å². The SMILES string of the molecule is OC(CBr)c1cnc(Cl)s1. The highest BCUT2D eigenvalue weighted by atomic mass is 79.9. The lowest BCUT2D eigenvalue weighted by atomic mass is 10.4. The van der Waals surface area contributed by atoms with Gasteiger partial charge in [-0.2, -0.15) is 0 Å². The average Bonchev–Trinajstić information content (AvgIpc) is 2.34. The number of hydrogen-bond donors (Lipinski definition) is 1. The van der Waals surface area contributed by atoms with Gasteiger partial charge in [0.05, 0.1) is 11.0 Å². The first-order valence-corrected chi connectivity index (χ1v) is 4.91. The van der Waals surface area contributed by atoms with Gasteiger partial charge in [0.25, 0.3) is 0 Å². The highest BCUT2D eigenvalue weighted by Crippen LogP contribution is 2.24. The van der Waals surface area contributed by atoms with Crippen molar-refractivity contribution in [1.29, 1.82) is 0 Å². The summed E-state index contributed by atoms with van der Waals surface area (Å²) in [6.45, 7) is 0. The van der Waals surface area contributed by atoms with Gasteiger partial charge in [-0.05, 0) is 0 Å². The molecule has 0 aliphatic heterocycles. The van der Waals surface area contributed by atoms with Crippen LogP contribution < -0.4 is 0 Å². The summed E-state index contributed by atoms with van der Waals surface area (Å²) < 4.78 is 0.468. The van der Waals surface area contributed by atoms with E-state index in [1.165, 1.54) is 11.3 Å². The fraction of sp³-hybridized carbons (Fsp3) is 0.400. The summed E-state index contributed by atoms with van der Waals surface area (Å²) in [5, 5.41) is 9.73. The molecule has 0 aliphatic carbocycles.